The Bertz CT molecular complexity index is 1390. The highest BCUT2D eigenvalue weighted by Gasteiger charge is 2.08. The van der Waals surface area contributed by atoms with Crippen LogP contribution < -0.4 is 11.1 Å². The average Bonchev–Trinajstić information content (AvgIpc) is 3.00. The van der Waals surface area contributed by atoms with Crippen LogP contribution in [0.25, 0.3) is 0 Å². The number of hydrogen-bond donors (Lipinski definition) is 2. The van der Waals surface area contributed by atoms with Crippen molar-refractivity contribution in [2.45, 2.75) is 25.7 Å². The summed E-state index contributed by atoms with van der Waals surface area (Å²) in [5.74, 6) is 0. The summed E-state index contributed by atoms with van der Waals surface area (Å²) in [6, 6.07) is 32.1. The van der Waals surface area contributed by atoms with Crippen LogP contribution in [0, 0.1) is 20.2 Å². The number of nitrogens with zero attached hydrogens (tertiary/aromatic N) is 2. The molecule has 42 heavy (non-hydrogen) atoms. The van der Waals surface area contributed by atoms with Gasteiger partial charge in [0.25, 0.3) is 11.4 Å². The molecule has 1 amide bonds. The summed E-state index contributed by atoms with van der Waals surface area (Å²) in [6.07, 6.45) is 3.33. The molecule has 0 saturated heterocycles. The molecule has 0 aromatic heterocycles. The van der Waals surface area contributed by atoms with Crippen molar-refractivity contribution in [2.75, 3.05) is 23.0 Å². The highest BCUT2D eigenvalue weighted by molar-refractivity contribution is 9.09. The Morgan fingerprint density at radius 2 is 1.26 bits per heavy atom. The van der Waals surface area contributed by atoms with Crippen LogP contribution in [-0.4, -0.2) is 27.9 Å². The van der Waals surface area contributed by atoms with E-state index in [1.165, 1.54) is 54.3 Å². The Balaban J connectivity index is 0.000000254. The smallest absolute Gasteiger partial charge is 0.411 e. The number of aryl methyl sites for hydroxylation is 2. The van der Waals surface area contributed by atoms with Crippen LogP contribution in [0.2, 0.25) is 0 Å². The van der Waals surface area contributed by atoms with Crippen molar-refractivity contribution in [3.8, 4) is 0 Å². The molecule has 0 unspecified atom stereocenters. The fourth-order valence-corrected chi connectivity index (χ4v) is 3.77. The molecule has 0 aliphatic heterocycles. The number of nitrogens with two attached hydrogens (primary N) is 1. The van der Waals surface area contributed by atoms with Gasteiger partial charge in [0, 0.05) is 35.3 Å². The first-order chi connectivity index (χ1) is 20.3. The molecule has 4 aromatic carbocycles. The lowest BCUT2D eigenvalue weighted by Crippen LogP contribution is -2.14. The molecule has 0 atom stereocenters. The molecular formula is C31H33BrN4O6. The second kappa shape index (κ2) is 19.3. The summed E-state index contributed by atoms with van der Waals surface area (Å²) in [6.45, 7) is 0.287. The first-order valence-corrected chi connectivity index (χ1v) is 14.2. The quantitative estimate of drug-likeness (QED) is 0.0588. The zero-order valence-corrected chi connectivity index (χ0v) is 24.5. The van der Waals surface area contributed by atoms with E-state index in [1.54, 1.807) is 18.2 Å². The topological polar surface area (TPSA) is 151 Å². The Morgan fingerprint density at radius 1 is 0.738 bits per heavy atom. The van der Waals surface area contributed by atoms with Gasteiger partial charge in [0.2, 0.25) is 0 Å². The van der Waals surface area contributed by atoms with E-state index in [-0.39, 0.29) is 18.0 Å². The van der Waals surface area contributed by atoms with Crippen LogP contribution in [0.15, 0.2) is 109 Å². The van der Waals surface area contributed by atoms with E-state index in [1.807, 2.05) is 30.3 Å². The molecule has 0 spiro atoms. The third-order valence-corrected chi connectivity index (χ3v) is 6.07. The fourth-order valence-electron chi connectivity index (χ4n) is 3.49. The zero-order chi connectivity index (χ0) is 30.6. The second-order valence-corrected chi connectivity index (χ2v) is 9.58. The highest BCUT2D eigenvalue weighted by Crippen LogP contribution is 2.17. The Morgan fingerprint density at radius 3 is 1.76 bits per heavy atom. The van der Waals surface area contributed by atoms with Crippen molar-refractivity contribution in [3.05, 3.63) is 141 Å². The van der Waals surface area contributed by atoms with E-state index >= 15 is 0 Å². The van der Waals surface area contributed by atoms with E-state index in [4.69, 9.17) is 10.5 Å². The fraction of sp³-hybridized carbons (Fsp3) is 0.194. The van der Waals surface area contributed by atoms with Gasteiger partial charge in [0.15, 0.2) is 0 Å². The van der Waals surface area contributed by atoms with Crippen molar-refractivity contribution in [1.29, 1.82) is 0 Å². The minimum absolute atomic E-state index is 0.0278. The SMILES string of the molecule is BrCCCc1ccccc1.Nc1cccc([N+](=O)[O-])c1.O=C(Nc1cccc([N+](=O)[O-])c1)OCCCc1ccccc1. The predicted molar refractivity (Wildman–Crippen MR) is 169 cm³/mol. The first kappa shape index (κ1) is 33.4. The molecule has 0 fully saturated rings. The molecule has 11 heteroatoms. The monoisotopic (exact) mass is 636 g/mol. The molecule has 4 aromatic rings. The van der Waals surface area contributed by atoms with Crippen LogP contribution in [0.1, 0.15) is 24.0 Å². The predicted octanol–water partition coefficient (Wildman–Crippen LogP) is 7.97. The largest absolute Gasteiger partial charge is 0.449 e. The number of ether oxygens (including phenoxy) is 1. The van der Waals surface area contributed by atoms with Crippen molar-refractivity contribution >= 4 is 44.8 Å². The maximum atomic E-state index is 11.6. The first-order valence-electron chi connectivity index (χ1n) is 13.1. The molecule has 0 heterocycles. The van der Waals surface area contributed by atoms with Crippen LogP contribution in [-0.2, 0) is 17.6 Å². The highest BCUT2D eigenvalue weighted by atomic mass is 79.9. The Labute approximate surface area is 253 Å². The second-order valence-electron chi connectivity index (χ2n) is 8.79. The van der Waals surface area contributed by atoms with Gasteiger partial charge in [-0.1, -0.05) is 88.7 Å². The van der Waals surface area contributed by atoms with E-state index in [9.17, 15) is 25.0 Å². The van der Waals surface area contributed by atoms with Gasteiger partial charge in [-0.25, -0.2) is 4.79 Å². The molecule has 10 nitrogen and oxygen atoms in total. The molecule has 0 saturated carbocycles. The van der Waals surface area contributed by atoms with E-state index in [0.29, 0.717) is 17.8 Å². The van der Waals surface area contributed by atoms with Gasteiger partial charge in [-0.2, -0.15) is 0 Å². The molecule has 3 N–H and O–H groups in total. The summed E-state index contributed by atoms with van der Waals surface area (Å²) < 4.78 is 5.05. The van der Waals surface area contributed by atoms with Crippen molar-refractivity contribution in [1.82, 2.24) is 0 Å². The molecule has 0 bridgehead atoms. The van der Waals surface area contributed by atoms with Crippen molar-refractivity contribution in [2.24, 2.45) is 0 Å². The van der Waals surface area contributed by atoms with Gasteiger partial charge in [-0.15, -0.1) is 0 Å². The maximum Gasteiger partial charge on any atom is 0.411 e. The number of amides is 1. The van der Waals surface area contributed by atoms with Gasteiger partial charge in [-0.3, -0.25) is 25.5 Å². The number of halogens is 1. The van der Waals surface area contributed by atoms with Crippen molar-refractivity contribution < 1.29 is 19.4 Å². The van der Waals surface area contributed by atoms with Crippen LogP contribution >= 0.6 is 15.9 Å². The van der Waals surface area contributed by atoms with E-state index in [0.717, 1.165) is 11.8 Å². The minimum Gasteiger partial charge on any atom is -0.449 e. The van der Waals surface area contributed by atoms with E-state index in [2.05, 4.69) is 51.6 Å². The third-order valence-electron chi connectivity index (χ3n) is 5.51. The van der Waals surface area contributed by atoms with Crippen LogP contribution in [0.3, 0.4) is 0 Å². The minimum atomic E-state index is -0.617. The van der Waals surface area contributed by atoms with Crippen LogP contribution in [0.5, 0.6) is 0 Å². The number of anilines is 2. The Hall–Kier alpha value is -4.77. The normalized spacial score (nSPS) is 9.74. The number of benzene rings is 4. The van der Waals surface area contributed by atoms with Gasteiger partial charge < -0.3 is 10.5 Å². The lowest BCUT2D eigenvalue weighted by Gasteiger charge is -2.07. The number of hydrogen-bond acceptors (Lipinski definition) is 7. The standard InChI is InChI=1S/C16H16N2O4.C9H11Br.C6H6N2O2/c19-16(17-14-9-4-10-15(12-14)18(20)21)22-11-5-8-13-6-2-1-3-7-13;10-8-4-7-9-5-2-1-3-6-9;7-5-2-1-3-6(4-5)8(9)10/h1-4,6-7,9-10,12H,5,8,11H2,(H,17,19);1-3,5-6H,4,7-8H2;1-4H,7H2. The van der Waals surface area contributed by atoms with Gasteiger partial charge in [0.05, 0.1) is 22.1 Å². The number of nitrogens with one attached hydrogen (secondary N) is 1. The number of nitro benzene ring substituents is 2. The summed E-state index contributed by atoms with van der Waals surface area (Å²) in [5.41, 5.74) is 8.60. The lowest BCUT2D eigenvalue weighted by molar-refractivity contribution is -0.385. The zero-order valence-electron chi connectivity index (χ0n) is 22.9. The van der Waals surface area contributed by atoms with Crippen molar-refractivity contribution in [3.63, 3.8) is 0 Å². The summed E-state index contributed by atoms with van der Waals surface area (Å²) >= 11 is 3.41. The average molecular weight is 638 g/mol. The molecule has 4 rings (SSSR count). The molecule has 0 aliphatic rings. The number of rotatable bonds is 10. The number of carbonyl (C=O) groups is 1. The van der Waals surface area contributed by atoms with Gasteiger partial charge >= 0.3 is 6.09 Å². The lowest BCUT2D eigenvalue weighted by atomic mass is 10.1. The summed E-state index contributed by atoms with van der Waals surface area (Å²) in [5, 5.41) is 24.3. The molecule has 0 aliphatic carbocycles. The van der Waals surface area contributed by atoms with E-state index < -0.39 is 15.9 Å². The molecule has 0 radical (unpaired) electrons. The number of carbonyl (C=O) groups excluding carboxylic acids is 1. The number of alkyl halides is 1. The summed E-state index contributed by atoms with van der Waals surface area (Å²) in [7, 11) is 0. The number of nitro groups is 2. The Kier molecular flexibility index (Phi) is 15.4. The van der Waals surface area contributed by atoms with Gasteiger partial charge in [-0.05, 0) is 48.9 Å². The molecular weight excluding hydrogens is 604 g/mol. The maximum absolute atomic E-state index is 11.6. The number of nitrogen functional groups attached to an aromatic ring is 1. The van der Waals surface area contributed by atoms with Gasteiger partial charge in [0.1, 0.15) is 0 Å². The van der Waals surface area contributed by atoms with Crippen LogP contribution in [0.4, 0.5) is 27.5 Å². The number of non-ortho nitro benzene ring substituents is 2. The molecule has 220 valence electrons. The third kappa shape index (κ3) is 14.0. The summed E-state index contributed by atoms with van der Waals surface area (Å²) in [4.78, 5) is 31.4.